The lowest BCUT2D eigenvalue weighted by Gasteiger charge is -2.33. The number of nitrogens with one attached hydrogen (secondary N) is 1. The zero-order chi connectivity index (χ0) is 20.1. The lowest BCUT2D eigenvalue weighted by Crippen LogP contribution is -2.39. The summed E-state index contributed by atoms with van der Waals surface area (Å²) in [5.41, 5.74) is 1.13. The Labute approximate surface area is 169 Å². The molecule has 1 N–H and O–H groups in total. The van der Waals surface area contributed by atoms with Crippen molar-refractivity contribution in [2.75, 3.05) is 49.6 Å². The van der Waals surface area contributed by atoms with Gasteiger partial charge in [-0.05, 0) is 24.5 Å². The molecule has 154 valence electrons. The molecule has 0 aliphatic carbocycles. The highest BCUT2D eigenvalue weighted by molar-refractivity contribution is 5.42. The third kappa shape index (κ3) is 5.18. The Bertz CT molecular complexity index is 834. The number of nitrogens with zero attached hydrogens (tertiary/aromatic N) is 5. The number of rotatable bonds is 6. The van der Waals surface area contributed by atoms with E-state index in [1.165, 1.54) is 6.07 Å². The van der Waals surface area contributed by atoms with Crippen molar-refractivity contribution in [2.45, 2.75) is 25.4 Å². The molecule has 0 spiro atoms. The number of benzene rings is 1. The minimum absolute atomic E-state index is 0.152. The topological polar surface area (TPSA) is 96.7 Å². The van der Waals surface area contributed by atoms with Gasteiger partial charge < -0.3 is 15.0 Å². The fourth-order valence-electron chi connectivity index (χ4n) is 3.82. The first kappa shape index (κ1) is 19.5. The van der Waals surface area contributed by atoms with Crippen molar-refractivity contribution in [3.8, 4) is 0 Å². The van der Waals surface area contributed by atoms with Crippen LogP contribution in [0.25, 0.3) is 0 Å². The Morgan fingerprint density at radius 3 is 2.72 bits per heavy atom. The van der Waals surface area contributed by atoms with Crippen molar-refractivity contribution in [1.29, 1.82) is 0 Å². The van der Waals surface area contributed by atoms with Gasteiger partial charge in [0.15, 0.2) is 0 Å². The normalized spacial score (nSPS) is 18.6. The van der Waals surface area contributed by atoms with Gasteiger partial charge in [0.1, 0.15) is 5.82 Å². The molecular weight excluding hydrogens is 372 g/mol. The Morgan fingerprint density at radius 1 is 1.17 bits per heavy atom. The Hall–Kier alpha value is -2.78. The quantitative estimate of drug-likeness (QED) is 0.585. The average molecular weight is 398 g/mol. The van der Waals surface area contributed by atoms with Crippen molar-refractivity contribution >= 4 is 17.5 Å². The van der Waals surface area contributed by atoms with Crippen LogP contribution in [0.5, 0.6) is 0 Å². The van der Waals surface area contributed by atoms with Gasteiger partial charge >= 0.3 is 0 Å². The Balaban J connectivity index is 1.29. The monoisotopic (exact) mass is 398 g/mol. The number of hydrogen-bond acceptors (Lipinski definition) is 8. The first-order valence-electron chi connectivity index (χ1n) is 10.1. The van der Waals surface area contributed by atoms with Gasteiger partial charge in [0.2, 0.25) is 5.95 Å². The lowest BCUT2D eigenvalue weighted by atomic mass is 10.0. The summed E-state index contributed by atoms with van der Waals surface area (Å²) in [7, 11) is 0. The average Bonchev–Trinajstić information content (AvgIpc) is 2.76. The molecule has 2 saturated heterocycles. The number of piperidine rings is 1. The fourth-order valence-corrected chi connectivity index (χ4v) is 3.82. The summed E-state index contributed by atoms with van der Waals surface area (Å²) in [4.78, 5) is 24.2. The van der Waals surface area contributed by atoms with E-state index < -0.39 is 0 Å². The molecule has 1 aromatic carbocycles. The van der Waals surface area contributed by atoms with Crippen LogP contribution in [-0.4, -0.2) is 65.2 Å². The summed E-state index contributed by atoms with van der Waals surface area (Å²) >= 11 is 0. The van der Waals surface area contributed by atoms with Crippen LogP contribution in [0.3, 0.4) is 0 Å². The maximum absolute atomic E-state index is 11.0. The summed E-state index contributed by atoms with van der Waals surface area (Å²) in [6.45, 7) is 5.69. The predicted molar refractivity (Wildman–Crippen MR) is 110 cm³/mol. The van der Waals surface area contributed by atoms with Gasteiger partial charge in [-0.2, -0.15) is 4.98 Å². The van der Waals surface area contributed by atoms with Crippen LogP contribution in [-0.2, 0) is 11.3 Å². The van der Waals surface area contributed by atoms with Crippen molar-refractivity contribution < 1.29 is 9.66 Å². The number of nitro groups is 1. The summed E-state index contributed by atoms with van der Waals surface area (Å²) < 4.78 is 5.39. The van der Waals surface area contributed by atoms with E-state index in [1.54, 1.807) is 18.3 Å². The van der Waals surface area contributed by atoms with Crippen molar-refractivity contribution in [3.05, 3.63) is 52.2 Å². The molecule has 1 aromatic heterocycles. The van der Waals surface area contributed by atoms with Crippen molar-refractivity contribution in [3.63, 3.8) is 0 Å². The maximum atomic E-state index is 11.0. The molecule has 0 amide bonds. The molecule has 0 radical (unpaired) electrons. The fraction of sp³-hybridized carbons (Fsp3) is 0.500. The van der Waals surface area contributed by atoms with Crippen LogP contribution in [0, 0.1) is 10.1 Å². The molecule has 9 heteroatoms. The largest absolute Gasteiger partial charge is 0.378 e. The van der Waals surface area contributed by atoms with Gasteiger partial charge in [-0.15, -0.1) is 0 Å². The highest BCUT2D eigenvalue weighted by Crippen LogP contribution is 2.20. The number of ether oxygens (including phenoxy) is 1. The van der Waals surface area contributed by atoms with Gasteiger partial charge in [-0.25, -0.2) is 4.98 Å². The second-order valence-electron chi connectivity index (χ2n) is 7.46. The predicted octanol–water partition coefficient (Wildman–Crippen LogP) is 2.30. The third-order valence-electron chi connectivity index (χ3n) is 5.40. The van der Waals surface area contributed by atoms with E-state index in [1.807, 2.05) is 12.1 Å². The summed E-state index contributed by atoms with van der Waals surface area (Å²) in [6.07, 6.45) is 3.81. The molecule has 0 atom stereocenters. The molecule has 4 rings (SSSR count). The number of aromatic nitrogens is 2. The number of anilines is 2. The molecule has 29 heavy (non-hydrogen) atoms. The van der Waals surface area contributed by atoms with Crippen LogP contribution >= 0.6 is 0 Å². The maximum Gasteiger partial charge on any atom is 0.269 e. The van der Waals surface area contributed by atoms with E-state index in [-0.39, 0.29) is 10.6 Å². The molecule has 2 fully saturated rings. The summed E-state index contributed by atoms with van der Waals surface area (Å²) in [5.74, 6) is 1.61. The number of hydrogen-bond donors (Lipinski definition) is 1. The van der Waals surface area contributed by atoms with Gasteiger partial charge in [0.05, 0.1) is 18.1 Å². The SMILES string of the molecule is O=[N+]([O-])c1cccc(CN2CCC(Nc3ccnc(N4CCOCC4)n3)CC2)c1. The van der Waals surface area contributed by atoms with E-state index in [0.717, 1.165) is 62.9 Å². The minimum atomic E-state index is -0.341. The molecule has 9 nitrogen and oxygen atoms in total. The van der Waals surface area contributed by atoms with Crippen LogP contribution in [0.4, 0.5) is 17.5 Å². The van der Waals surface area contributed by atoms with Crippen LogP contribution < -0.4 is 10.2 Å². The zero-order valence-corrected chi connectivity index (χ0v) is 16.4. The number of nitro benzene ring substituents is 1. The van der Waals surface area contributed by atoms with E-state index in [2.05, 4.69) is 25.1 Å². The van der Waals surface area contributed by atoms with Gasteiger partial charge in [-0.1, -0.05) is 12.1 Å². The second-order valence-corrected chi connectivity index (χ2v) is 7.46. The van der Waals surface area contributed by atoms with Gasteiger partial charge in [-0.3, -0.25) is 15.0 Å². The van der Waals surface area contributed by atoms with Crippen LogP contribution in [0.2, 0.25) is 0 Å². The summed E-state index contributed by atoms with van der Waals surface area (Å²) in [5, 5.41) is 14.5. The minimum Gasteiger partial charge on any atom is -0.378 e. The van der Waals surface area contributed by atoms with Crippen molar-refractivity contribution in [2.24, 2.45) is 0 Å². The molecule has 2 aliphatic rings. The molecule has 0 saturated carbocycles. The zero-order valence-electron chi connectivity index (χ0n) is 16.4. The Morgan fingerprint density at radius 2 is 1.97 bits per heavy atom. The number of non-ortho nitro benzene ring substituents is 1. The van der Waals surface area contributed by atoms with Crippen LogP contribution in [0.1, 0.15) is 18.4 Å². The summed E-state index contributed by atoms with van der Waals surface area (Å²) in [6, 6.07) is 9.18. The van der Waals surface area contributed by atoms with Gasteiger partial charge in [0.25, 0.3) is 5.69 Å². The molecule has 2 aromatic rings. The first-order valence-corrected chi connectivity index (χ1v) is 10.1. The molecule has 2 aliphatic heterocycles. The number of likely N-dealkylation sites (tertiary alicyclic amines) is 1. The standard InChI is InChI=1S/C20H26N6O3/c27-26(28)18-3-1-2-16(14-18)15-24-8-5-17(6-9-24)22-19-4-7-21-20(23-19)25-10-12-29-13-11-25/h1-4,7,14,17H,5-6,8-13,15H2,(H,21,22,23). The lowest BCUT2D eigenvalue weighted by molar-refractivity contribution is -0.384. The third-order valence-corrected chi connectivity index (χ3v) is 5.40. The molecule has 3 heterocycles. The second kappa shape index (κ2) is 9.15. The smallest absolute Gasteiger partial charge is 0.269 e. The molecule has 0 bridgehead atoms. The van der Waals surface area contributed by atoms with Crippen molar-refractivity contribution in [1.82, 2.24) is 14.9 Å². The first-order chi connectivity index (χ1) is 14.2. The highest BCUT2D eigenvalue weighted by atomic mass is 16.6. The molecular formula is C20H26N6O3. The number of morpholine rings is 1. The molecule has 0 unspecified atom stereocenters. The van der Waals surface area contributed by atoms with Crippen LogP contribution in [0.15, 0.2) is 36.5 Å². The van der Waals surface area contributed by atoms with E-state index in [0.29, 0.717) is 19.3 Å². The van der Waals surface area contributed by atoms with E-state index >= 15 is 0 Å². The van der Waals surface area contributed by atoms with Gasteiger partial charge in [0, 0.05) is 57.1 Å². The highest BCUT2D eigenvalue weighted by Gasteiger charge is 2.21. The van der Waals surface area contributed by atoms with E-state index in [4.69, 9.17) is 4.74 Å². The van der Waals surface area contributed by atoms with E-state index in [9.17, 15) is 10.1 Å². The Kier molecular flexibility index (Phi) is 6.16.